The predicted octanol–water partition coefficient (Wildman–Crippen LogP) is 19.2. The van der Waals surface area contributed by atoms with Gasteiger partial charge in [-0.15, -0.1) is 0 Å². The number of rotatable bonds is 5. The minimum absolute atomic E-state index is 0.607. The molecule has 0 bridgehead atoms. The third-order valence-corrected chi connectivity index (χ3v) is 14.2. The fourth-order valence-electron chi connectivity index (χ4n) is 10.3. The van der Waals surface area contributed by atoms with E-state index in [9.17, 15) is 0 Å². The molecule has 0 saturated carbocycles. The molecule has 0 fully saturated rings. The average molecular weight is 986 g/mol. The van der Waals surface area contributed by atoms with Gasteiger partial charge in [0.05, 0.1) is 5.41 Å². The maximum Gasteiger partial charge on any atom is 0.0728 e. The fraction of sp³-hybridized carbons (Fsp3) is 0.0959. The molecular weight excluding hydrogens is 919 g/mol. The molecule has 0 radical (unpaired) electrons. The van der Waals surface area contributed by atoms with E-state index in [-0.39, 0.29) is 0 Å². The molecule has 1 spiro atoms. The highest BCUT2D eigenvalue weighted by atomic mass is 15.1. The number of para-hydroxylation sites is 4. The molecule has 10 aromatic rings. The van der Waals surface area contributed by atoms with E-state index in [4.69, 9.17) is 12.3 Å². The number of fused-ring (bicyclic) bond motifs is 8. The number of nitrogens with two attached hydrogens (primary N) is 1. The van der Waals surface area contributed by atoms with E-state index >= 15 is 0 Å². The number of aryl methyl sites for hydroxylation is 4. The summed E-state index contributed by atoms with van der Waals surface area (Å²) in [6.45, 7) is 16.2. The second-order valence-corrected chi connectivity index (χ2v) is 19.5. The normalized spacial score (nSPS) is 14.8. The standard InChI is InChI=1S/C52H42N2.C8H11N.C7H8.C6H6/c1-35-17-14-19-38(4)52(46-23-10-12-26-49(46)53-48-25-11-9-22-43(35)48)45-33-30-40(34-44(45)51-37(3)18-15-24-47(51)52)39-28-31-42(32-29-39)54(41-20-6-5-7-21-41)50-27-13-8-16-36(50)2;1-7-2-4-8(6-9)5-3-7;1-7-5-3-2-4-6-7;1-2-4-6-5-3-1/h5-34,53H,4H2,1-3H3;2-5H,6,9H2,1H3;2-6H,1H3;1-6H/b19-14-,35-17+;;;. The van der Waals surface area contributed by atoms with Gasteiger partial charge >= 0.3 is 0 Å². The molecule has 1 unspecified atom stereocenters. The maximum absolute atomic E-state index is 5.40. The van der Waals surface area contributed by atoms with E-state index in [1.807, 2.05) is 54.6 Å². The molecule has 0 aromatic heterocycles. The number of allylic oxidation sites excluding steroid dienone is 5. The Kier molecular flexibility index (Phi) is 16.6. The van der Waals surface area contributed by atoms with Crippen molar-refractivity contribution in [2.24, 2.45) is 5.73 Å². The van der Waals surface area contributed by atoms with E-state index in [0.29, 0.717) is 6.54 Å². The molecule has 3 nitrogen and oxygen atoms in total. The summed E-state index contributed by atoms with van der Waals surface area (Å²) in [6.07, 6.45) is 6.59. The van der Waals surface area contributed by atoms with E-state index in [1.165, 1.54) is 83.6 Å². The molecule has 12 rings (SSSR count). The molecule has 0 amide bonds. The second-order valence-electron chi connectivity index (χ2n) is 19.5. The van der Waals surface area contributed by atoms with Crippen LogP contribution in [0.15, 0.2) is 285 Å². The molecular formula is C73H67N3. The van der Waals surface area contributed by atoms with Crippen LogP contribution in [0.4, 0.5) is 28.4 Å². The Morgan fingerprint density at radius 2 is 0.987 bits per heavy atom. The second kappa shape index (κ2) is 24.3. The minimum atomic E-state index is -0.607. The lowest BCUT2D eigenvalue weighted by Gasteiger charge is -2.36. The van der Waals surface area contributed by atoms with E-state index in [2.05, 4.69) is 263 Å². The van der Waals surface area contributed by atoms with Gasteiger partial charge in [-0.1, -0.05) is 242 Å². The summed E-state index contributed by atoms with van der Waals surface area (Å²) >= 11 is 0. The summed E-state index contributed by atoms with van der Waals surface area (Å²) in [5.41, 5.74) is 28.7. The first-order chi connectivity index (χ1) is 37.2. The number of nitrogens with zero attached hydrogens (tertiary/aromatic N) is 1. The van der Waals surface area contributed by atoms with Crippen molar-refractivity contribution < 1.29 is 0 Å². The van der Waals surface area contributed by atoms with Crippen LogP contribution in [0.3, 0.4) is 0 Å². The van der Waals surface area contributed by atoms with Gasteiger partial charge in [0.25, 0.3) is 0 Å². The highest BCUT2D eigenvalue weighted by molar-refractivity contribution is 5.93. The first-order valence-corrected chi connectivity index (χ1v) is 26.2. The topological polar surface area (TPSA) is 41.3 Å². The lowest BCUT2D eigenvalue weighted by atomic mass is 9.66. The quantitative estimate of drug-likeness (QED) is 0.181. The van der Waals surface area contributed by atoms with Gasteiger partial charge in [-0.25, -0.2) is 0 Å². The molecule has 2 aliphatic rings. The molecule has 3 heteroatoms. The van der Waals surface area contributed by atoms with Crippen LogP contribution in [-0.4, -0.2) is 0 Å². The van der Waals surface area contributed by atoms with Crippen LogP contribution in [0.25, 0.3) is 27.8 Å². The summed E-state index contributed by atoms with van der Waals surface area (Å²) in [5.74, 6) is 0. The van der Waals surface area contributed by atoms with Gasteiger partial charge in [0.15, 0.2) is 0 Å². The van der Waals surface area contributed by atoms with E-state index in [1.54, 1.807) is 0 Å². The number of anilines is 5. The van der Waals surface area contributed by atoms with Crippen LogP contribution in [-0.2, 0) is 12.0 Å². The molecule has 3 N–H and O–H groups in total. The van der Waals surface area contributed by atoms with Gasteiger partial charge < -0.3 is 16.0 Å². The Bertz CT molecular complexity index is 3570. The summed E-state index contributed by atoms with van der Waals surface area (Å²) in [4.78, 5) is 2.34. The molecule has 1 aliphatic heterocycles. The zero-order valence-electron chi connectivity index (χ0n) is 44.4. The van der Waals surface area contributed by atoms with E-state index < -0.39 is 5.41 Å². The predicted molar refractivity (Wildman–Crippen MR) is 326 cm³/mol. The zero-order valence-corrected chi connectivity index (χ0v) is 44.4. The van der Waals surface area contributed by atoms with Crippen molar-refractivity contribution in [2.75, 3.05) is 10.2 Å². The van der Waals surface area contributed by atoms with Crippen LogP contribution in [0, 0.1) is 27.7 Å². The van der Waals surface area contributed by atoms with Gasteiger partial charge in [-0.05, 0) is 150 Å². The average Bonchev–Trinajstić information content (AvgIpc) is 3.91. The molecule has 76 heavy (non-hydrogen) atoms. The number of nitrogens with one attached hydrogen (secondary N) is 1. The Balaban J connectivity index is 0.000000264. The van der Waals surface area contributed by atoms with Crippen LogP contribution >= 0.6 is 0 Å². The summed E-state index contributed by atoms with van der Waals surface area (Å²) in [5, 5.41) is 3.88. The van der Waals surface area contributed by atoms with E-state index in [0.717, 1.165) is 28.3 Å². The Morgan fingerprint density at radius 3 is 1.64 bits per heavy atom. The van der Waals surface area contributed by atoms with Gasteiger partial charge in [0.2, 0.25) is 0 Å². The molecule has 1 heterocycles. The highest BCUT2D eigenvalue weighted by Crippen LogP contribution is 2.59. The van der Waals surface area contributed by atoms with Crippen molar-refractivity contribution in [1.29, 1.82) is 0 Å². The van der Waals surface area contributed by atoms with Gasteiger partial charge in [0.1, 0.15) is 0 Å². The summed E-state index contributed by atoms with van der Waals surface area (Å²) < 4.78 is 0. The van der Waals surface area contributed by atoms with Crippen LogP contribution in [0.2, 0.25) is 0 Å². The van der Waals surface area contributed by atoms with Crippen LogP contribution in [0.5, 0.6) is 0 Å². The summed E-state index contributed by atoms with van der Waals surface area (Å²) in [7, 11) is 0. The summed E-state index contributed by atoms with van der Waals surface area (Å²) in [6, 6.07) is 89.8. The Hall–Kier alpha value is -9.02. The molecule has 374 valence electrons. The largest absolute Gasteiger partial charge is 0.355 e. The molecule has 1 atom stereocenters. The molecule has 1 aliphatic carbocycles. The number of benzene rings is 10. The van der Waals surface area contributed by atoms with Crippen molar-refractivity contribution in [2.45, 2.75) is 46.6 Å². The SMILES string of the molecule is C=C1/C=C\C=C(/C)c2ccccc2Nc2ccccc2C12c1ccc(-c3ccc(N(c4ccccc4)c4ccccc4C)cc3)cc1-c1c(C)cccc12.Cc1ccc(CN)cc1.Cc1ccccc1.c1ccccc1. The third-order valence-electron chi connectivity index (χ3n) is 14.2. The van der Waals surface area contributed by atoms with Gasteiger partial charge in [-0.2, -0.15) is 0 Å². The molecule has 10 aromatic carbocycles. The van der Waals surface area contributed by atoms with Crippen LogP contribution < -0.4 is 16.0 Å². The monoisotopic (exact) mass is 986 g/mol. The van der Waals surface area contributed by atoms with Gasteiger partial charge in [0, 0.05) is 40.5 Å². The first kappa shape index (κ1) is 51.9. The fourth-order valence-corrected chi connectivity index (χ4v) is 10.3. The van der Waals surface area contributed by atoms with Crippen molar-refractivity contribution in [3.8, 4) is 22.3 Å². The van der Waals surface area contributed by atoms with Crippen molar-refractivity contribution in [3.63, 3.8) is 0 Å². The zero-order chi connectivity index (χ0) is 52.9. The minimum Gasteiger partial charge on any atom is -0.355 e. The van der Waals surface area contributed by atoms with Crippen molar-refractivity contribution in [3.05, 3.63) is 335 Å². The Labute approximate surface area is 451 Å². The van der Waals surface area contributed by atoms with Gasteiger partial charge in [-0.3, -0.25) is 0 Å². The number of hydrogen-bond donors (Lipinski definition) is 2. The van der Waals surface area contributed by atoms with Crippen molar-refractivity contribution in [1.82, 2.24) is 0 Å². The van der Waals surface area contributed by atoms with Crippen molar-refractivity contribution >= 4 is 34.0 Å². The number of hydrogen-bond acceptors (Lipinski definition) is 3. The lowest BCUT2D eigenvalue weighted by molar-refractivity contribution is 0.772. The first-order valence-electron chi connectivity index (χ1n) is 26.2. The smallest absolute Gasteiger partial charge is 0.0728 e. The maximum atomic E-state index is 5.40. The lowest BCUT2D eigenvalue weighted by Crippen LogP contribution is -2.29. The third kappa shape index (κ3) is 11.4. The highest BCUT2D eigenvalue weighted by Gasteiger charge is 2.48. The van der Waals surface area contributed by atoms with Crippen LogP contribution in [0.1, 0.15) is 57.0 Å². The molecule has 0 saturated heterocycles. The Morgan fingerprint density at radius 1 is 0.447 bits per heavy atom.